The lowest BCUT2D eigenvalue weighted by Gasteiger charge is -2.25. The van der Waals surface area contributed by atoms with Crippen molar-refractivity contribution in [3.8, 4) is 23.0 Å². The molecule has 0 aliphatic carbocycles. The summed E-state index contributed by atoms with van der Waals surface area (Å²) in [6.07, 6.45) is 1.69. The molecule has 3 aromatic carbocycles. The first-order valence-electron chi connectivity index (χ1n) is 12.9. The van der Waals surface area contributed by atoms with Crippen LogP contribution < -0.4 is 34.4 Å². The van der Waals surface area contributed by atoms with Crippen LogP contribution in [0.15, 0.2) is 87.8 Å². The Balaban J connectivity index is 1.67. The zero-order valence-corrected chi connectivity index (χ0v) is 23.8. The van der Waals surface area contributed by atoms with Gasteiger partial charge in [-0.25, -0.2) is 4.99 Å². The summed E-state index contributed by atoms with van der Waals surface area (Å²) in [6.45, 7) is 4.20. The van der Waals surface area contributed by atoms with Crippen LogP contribution >= 0.6 is 11.3 Å². The lowest BCUT2D eigenvalue weighted by molar-refractivity contribution is -0.113. The van der Waals surface area contributed by atoms with Gasteiger partial charge in [-0.2, -0.15) is 0 Å². The first-order chi connectivity index (χ1) is 19.8. The highest BCUT2D eigenvalue weighted by Gasteiger charge is 2.32. The van der Waals surface area contributed by atoms with Gasteiger partial charge in [0.25, 0.3) is 11.5 Å². The molecule has 2 heterocycles. The fourth-order valence-electron chi connectivity index (χ4n) is 4.71. The second-order valence-electron chi connectivity index (χ2n) is 9.18. The summed E-state index contributed by atoms with van der Waals surface area (Å²) in [5.41, 5.74) is 2.54. The van der Waals surface area contributed by atoms with Crippen molar-refractivity contribution in [3.63, 3.8) is 0 Å². The number of benzene rings is 3. The minimum Gasteiger partial charge on any atom is -0.502 e. The lowest BCUT2D eigenvalue weighted by atomic mass is 9.95. The number of hydrogen-bond acceptors (Lipinski definition) is 8. The molecular weight excluding hydrogens is 542 g/mol. The Hall–Kier alpha value is -4.83. The molecule has 1 aromatic heterocycles. The highest BCUT2D eigenvalue weighted by molar-refractivity contribution is 7.07. The number of phenolic OH excluding ortho intramolecular Hbond substituents is 1. The summed E-state index contributed by atoms with van der Waals surface area (Å²) < 4.78 is 18.1. The van der Waals surface area contributed by atoms with Crippen molar-refractivity contribution in [3.05, 3.63) is 109 Å². The van der Waals surface area contributed by atoms with Gasteiger partial charge in [0.1, 0.15) is 5.75 Å². The standard InChI is InChI=1S/C31H29N3O6S/c1-5-40-22-13-11-20(12-14-22)27-26(29(36)33-21-9-7-6-8-10-21)18(2)32-31-34(27)30(37)25(41-31)17-19-15-23(38-3)28(35)24(16-19)39-4/h6-17,27,35H,5H2,1-4H3,(H,33,36). The van der Waals surface area contributed by atoms with Crippen LogP contribution in [0.4, 0.5) is 5.69 Å². The molecule has 0 radical (unpaired) electrons. The first-order valence-corrected chi connectivity index (χ1v) is 13.7. The Labute approximate surface area is 240 Å². The molecule has 210 valence electrons. The van der Waals surface area contributed by atoms with Crippen LogP contribution in [-0.4, -0.2) is 36.4 Å². The Morgan fingerprint density at radius 3 is 2.34 bits per heavy atom. The van der Waals surface area contributed by atoms with Crippen LogP contribution in [0.3, 0.4) is 0 Å². The number of thiazole rings is 1. The molecule has 1 aliphatic rings. The minimum absolute atomic E-state index is 0.131. The van der Waals surface area contributed by atoms with Crippen molar-refractivity contribution >= 4 is 29.0 Å². The zero-order valence-electron chi connectivity index (χ0n) is 23.0. The third kappa shape index (κ3) is 5.46. The Bertz CT molecular complexity index is 1780. The van der Waals surface area contributed by atoms with E-state index in [-0.39, 0.29) is 28.7 Å². The summed E-state index contributed by atoms with van der Waals surface area (Å²) in [5.74, 6) is 0.639. The van der Waals surface area contributed by atoms with Gasteiger partial charge in [-0.1, -0.05) is 41.7 Å². The van der Waals surface area contributed by atoms with Crippen LogP contribution in [0.2, 0.25) is 0 Å². The number of hydrogen-bond donors (Lipinski definition) is 2. The largest absolute Gasteiger partial charge is 0.502 e. The van der Waals surface area contributed by atoms with E-state index in [4.69, 9.17) is 14.2 Å². The molecule has 0 fully saturated rings. The molecule has 2 N–H and O–H groups in total. The maximum atomic E-state index is 14.0. The van der Waals surface area contributed by atoms with Crippen LogP contribution in [0, 0.1) is 0 Å². The average molecular weight is 572 g/mol. The maximum absolute atomic E-state index is 14.0. The Morgan fingerprint density at radius 1 is 1.07 bits per heavy atom. The van der Waals surface area contributed by atoms with Gasteiger partial charge in [-0.05, 0) is 67.4 Å². The monoisotopic (exact) mass is 571 g/mol. The number of phenols is 1. The van der Waals surface area contributed by atoms with Crippen molar-refractivity contribution in [1.29, 1.82) is 0 Å². The number of aromatic hydroxyl groups is 1. The second-order valence-corrected chi connectivity index (χ2v) is 10.2. The summed E-state index contributed by atoms with van der Waals surface area (Å²) in [5, 5.41) is 13.3. The highest BCUT2D eigenvalue weighted by Crippen LogP contribution is 2.37. The van der Waals surface area contributed by atoms with E-state index in [1.54, 1.807) is 41.8 Å². The van der Waals surface area contributed by atoms with Gasteiger partial charge in [0.15, 0.2) is 16.3 Å². The number of methoxy groups -OCH3 is 2. The molecule has 5 rings (SSSR count). The number of allylic oxidation sites excluding steroid dienone is 1. The molecule has 0 saturated carbocycles. The highest BCUT2D eigenvalue weighted by atomic mass is 32.1. The number of rotatable bonds is 8. The molecule has 9 nitrogen and oxygen atoms in total. The number of ether oxygens (including phenoxy) is 3. The normalized spacial score (nSPS) is 14.7. The van der Waals surface area contributed by atoms with Gasteiger partial charge in [0.2, 0.25) is 5.75 Å². The first kappa shape index (κ1) is 27.7. The number of fused-ring (bicyclic) bond motifs is 1. The molecule has 10 heteroatoms. The van der Waals surface area contributed by atoms with E-state index in [9.17, 15) is 14.7 Å². The smallest absolute Gasteiger partial charge is 0.271 e. The van der Waals surface area contributed by atoms with Crippen molar-refractivity contribution in [2.45, 2.75) is 19.9 Å². The average Bonchev–Trinajstić information content (AvgIpc) is 3.28. The number of aromatic nitrogens is 1. The SMILES string of the molecule is CCOc1ccc(C2C(C(=O)Nc3ccccc3)=C(C)N=c3sc(=Cc4cc(OC)c(O)c(OC)c4)c(=O)n32)cc1. The van der Waals surface area contributed by atoms with Gasteiger partial charge in [0.05, 0.1) is 42.7 Å². The molecular formula is C31H29N3O6S. The van der Waals surface area contributed by atoms with Gasteiger partial charge < -0.3 is 24.6 Å². The molecule has 41 heavy (non-hydrogen) atoms. The number of carbonyl (C=O) groups excluding carboxylic acids is 1. The Kier molecular flexibility index (Phi) is 7.93. The molecule has 0 saturated heterocycles. The number of nitrogens with one attached hydrogen (secondary N) is 1. The fourth-order valence-corrected chi connectivity index (χ4v) is 5.76. The molecule has 1 atom stereocenters. The van der Waals surface area contributed by atoms with E-state index in [0.717, 1.165) is 5.56 Å². The summed E-state index contributed by atoms with van der Waals surface area (Å²) in [4.78, 5) is 32.8. The molecule has 0 spiro atoms. The Morgan fingerprint density at radius 2 is 1.73 bits per heavy atom. The molecule has 0 bridgehead atoms. The summed E-state index contributed by atoms with van der Waals surface area (Å²) in [6, 6.07) is 19.0. The van der Waals surface area contributed by atoms with E-state index in [1.165, 1.54) is 25.6 Å². The van der Waals surface area contributed by atoms with Gasteiger partial charge in [-0.3, -0.25) is 14.2 Å². The zero-order chi connectivity index (χ0) is 29.1. The second kappa shape index (κ2) is 11.7. The van der Waals surface area contributed by atoms with Crippen LogP contribution in [0.25, 0.3) is 6.08 Å². The minimum atomic E-state index is -0.725. The number of carbonyl (C=O) groups is 1. The summed E-state index contributed by atoms with van der Waals surface area (Å²) in [7, 11) is 2.88. The van der Waals surface area contributed by atoms with E-state index < -0.39 is 6.04 Å². The molecule has 1 aliphatic heterocycles. The lowest BCUT2D eigenvalue weighted by Crippen LogP contribution is -2.40. The maximum Gasteiger partial charge on any atom is 0.271 e. The van der Waals surface area contributed by atoms with Crippen molar-refractivity contribution in [2.75, 3.05) is 26.1 Å². The van der Waals surface area contributed by atoms with Crippen molar-refractivity contribution < 1.29 is 24.1 Å². The van der Waals surface area contributed by atoms with Crippen LogP contribution in [-0.2, 0) is 4.79 Å². The van der Waals surface area contributed by atoms with Crippen LogP contribution in [0.5, 0.6) is 23.0 Å². The molecule has 1 amide bonds. The van der Waals surface area contributed by atoms with Gasteiger partial charge >= 0.3 is 0 Å². The number of anilines is 1. The molecule has 4 aromatic rings. The third-order valence-corrected chi connectivity index (χ3v) is 7.59. The van der Waals surface area contributed by atoms with E-state index >= 15 is 0 Å². The predicted octanol–water partition coefficient (Wildman–Crippen LogP) is 4.00. The third-order valence-electron chi connectivity index (χ3n) is 6.60. The number of amides is 1. The van der Waals surface area contributed by atoms with Gasteiger partial charge in [0, 0.05) is 5.69 Å². The van der Waals surface area contributed by atoms with E-state index in [1.807, 2.05) is 49.4 Å². The number of nitrogens with zero attached hydrogens (tertiary/aromatic N) is 2. The summed E-state index contributed by atoms with van der Waals surface area (Å²) >= 11 is 1.21. The fraction of sp³-hybridized carbons (Fsp3) is 0.194. The quantitative estimate of drug-likeness (QED) is 0.331. The predicted molar refractivity (Wildman–Crippen MR) is 158 cm³/mol. The van der Waals surface area contributed by atoms with Crippen molar-refractivity contribution in [1.82, 2.24) is 4.57 Å². The van der Waals surface area contributed by atoms with Crippen LogP contribution in [0.1, 0.15) is 31.0 Å². The van der Waals surface area contributed by atoms with E-state index in [2.05, 4.69) is 10.3 Å². The topological polar surface area (TPSA) is 111 Å². The number of para-hydroxylation sites is 1. The van der Waals surface area contributed by atoms with E-state index in [0.29, 0.717) is 44.2 Å². The van der Waals surface area contributed by atoms with Gasteiger partial charge in [-0.15, -0.1) is 0 Å². The molecule has 1 unspecified atom stereocenters. The van der Waals surface area contributed by atoms with Crippen molar-refractivity contribution in [2.24, 2.45) is 4.99 Å².